The van der Waals surface area contributed by atoms with Gasteiger partial charge in [-0.2, -0.15) is 5.26 Å². The number of benzene rings is 1. The second kappa shape index (κ2) is 3.58. The Hall–Kier alpha value is -2.08. The van der Waals surface area contributed by atoms with Crippen molar-refractivity contribution >= 4 is 10.9 Å². The Balaban J connectivity index is 2.89. The molecule has 3 nitrogen and oxygen atoms in total. The number of hydrogen-bond donors (Lipinski definition) is 0. The third-order valence-electron chi connectivity index (χ3n) is 2.51. The first-order valence-electron chi connectivity index (χ1n) is 4.68. The summed E-state index contributed by atoms with van der Waals surface area (Å²) in [5, 5.41) is 9.65. The van der Waals surface area contributed by atoms with E-state index in [2.05, 4.69) is 6.07 Å². The molecular formula is C12H10N2O. The summed E-state index contributed by atoms with van der Waals surface area (Å²) in [6, 6.07) is 11.2. The predicted molar refractivity (Wildman–Crippen MR) is 58.5 cm³/mol. The summed E-state index contributed by atoms with van der Waals surface area (Å²) in [6.45, 7) is 0. The minimum absolute atomic E-state index is 0.0704. The van der Waals surface area contributed by atoms with E-state index in [1.54, 1.807) is 11.6 Å². The molecule has 0 saturated carbocycles. The molecule has 1 heterocycles. The monoisotopic (exact) mass is 198 g/mol. The highest BCUT2D eigenvalue weighted by molar-refractivity contribution is 5.82. The number of aryl methyl sites for hydroxylation is 1. The summed E-state index contributed by atoms with van der Waals surface area (Å²) in [5.74, 6) is 0. The van der Waals surface area contributed by atoms with E-state index in [0.29, 0.717) is 0 Å². The second-order valence-corrected chi connectivity index (χ2v) is 3.42. The van der Waals surface area contributed by atoms with Gasteiger partial charge in [0.1, 0.15) is 0 Å². The molecule has 0 fully saturated rings. The molecule has 3 heteroatoms. The maximum absolute atomic E-state index is 11.6. The van der Waals surface area contributed by atoms with E-state index in [4.69, 9.17) is 5.26 Å². The number of nitriles is 1. The van der Waals surface area contributed by atoms with Gasteiger partial charge in [0.05, 0.1) is 18.0 Å². The maximum atomic E-state index is 11.6. The molecule has 0 atom stereocenters. The SMILES string of the molecule is Cn1c(=O)cc(CC#N)c2ccccc21. The lowest BCUT2D eigenvalue weighted by molar-refractivity contribution is 0.901. The highest BCUT2D eigenvalue weighted by Crippen LogP contribution is 2.16. The highest BCUT2D eigenvalue weighted by atomic mass is 16.1. The molecule has 0 aliphatic heterocycles. The van der Waals surface area contributed by atoms with Crippen LogP contribution in [0.1, 0.15) is 5.56 Å². The average molecular weight is 198 g/mol. The molecule has 0 bridgehead atoms. The smallest absolute Gasteiger partial charge is 0.251 e. The molecule has 0 unspecified atom stereocenters. The zero-order valence-corrected chi connectivity index (χ0v) is 8.40. The molecule has 74 valence electrons. The quantitative estimate of drug-likeness (QED) is 0.698. The summed E-state index contributed by atoms with van der Waals surface area (Å²) in [6.07, 6.45) is 0.274. The summed E-state index contributed by atoms with van der Waals surface area (Å²) in [4.78, 5) is 11.6. The van der Waals surface area contributed by atoms with E-state index >= 15 is 0 Å². The maximum Gasteiger partial charge on any atom is 0.251 e. The van der Waals surface area contributed by atoms with Gasteiger partial charge in [-0.05, 0) is 11.6 Å². The van der Waals surface area contributed by atoms with Crippen molar-refractivity contribution in [2.45, 2.75) is 6.42 Å². The Morgan fingerprint density at radius 3 is 2.87 bits per heavy atom. The van der Waals surface area contributed by atoms with Gasteiger partial charge >= 0.3 is 0 Å². The third kappa shape index (κ3) is 1.50. The first-order chi connectivity index (χ1) is 7.24. The molecule has 0 radical (unpaired) electrons. The van der Waals surface area contributed by atoms with Gasteiger partial charge in [0.25, 0.3) is 5.56 Å². The molecule has 0 N–H and O–H groups in total. The number of fused-ring (bicyclic) bond motifs is 1. The lowest BCUT2D eigenvalue weighted by atomic mass is 10.1. The first kappa shape index (κ1) is 9.47. The van der Waals surface area contributed by atoms with Gasteiger partial charge in [0.15, 0.2) is 0 Å². The van der Waals surface area contributed by atoms with Crippen molar-refractivity contribution in [3.63, 3.8) is 0 Å². The molecule has 15 heavy (non-hydrogen) atoms. The standard InChI is InChI=1S/C12H10N2O/c1-14-11-5-3-2-4-10(11)9(6-7-13)8-12(14)15/h2-5,8H,6H2,1H3. The zero-order chi connectivity index (χ0) is 10.8. The van der Waals surface area contributed by atoms with Crippen molar-refractivity contribution in [1.29, 1.82) is 5.26 Å². The third-order valence-corrected chi connectivity index (χ3v) is 2.51. The molecule has 2 rings (SSSR count). The molecule has 1 aromatic heterocycles. The fourth-order valence-electron chi connectivity index (χ4n) is 1.71. The van der Waals surface area contributed by atoms with Crippen LogP contribution in [-0.2, 0) is 13.5 Å². The zero-order valence-electron chi connectivity index (χ0n) is 8.40. The van der Waals surface area contributed by atoms with Crippen molar-refractivity contribution in [3.05, 3.63) is 46.2 Å². The number of hydrogen-bond acceptors (Lipinski definition) is 2. The predicted octanol–water partition coefficient (Wildman–Crippen LogP) is 1.60. The van der Waals surface area contributed by atoms with Gasteiger partial charge in [0.2, 0.25) is 0 Å². The molecule has 0 aliphatic rings. The topological polar surface area (TPSA) is 45.8 Å². The Bertz CT molecular complexity index is 605. The highest BCUT2D eigenvalue weighted by Gasteiger charge is 2.04. The van der Waals surface area contributed by atoms with E-state index < -0.39 is 0 Å². The fraction of sp³-hybridized carbons (Fsp3) is 0.167. The molecule has 0 amide bonds. The average Bonchev–Trinajstić information content (AvgIpc) is 2.26. The Morgan fingerprint density at radius 1 is 1.40 bits per heavy atom. The van der Waals surface area contributed by atoms with Gasteiger partial charge < -0.3 is 4.57 Å². The summed E-state index contributed by atoms with van der Waals surface area (Å²) >= 11 is 0. The van der Waals surface area contributed by atoms with Crippen LogP contribution in [0.5, 0.6) is 0 Å². The van der Waals surface area contributed by atoms with Crippen LogP contribution >= 0.6 is 0 Å². The summed E-state index contributed by atoms with van der Waals surface area (Å²) in [5.41, 5.74) is 1.60. The van der Waals surface area contributed by atoms with Crippen molar-refractivity contribution in [2.75, 3.05) is 0 Å². The minimum Gasteiger partial charge on any atom is -0.311 e. The van der Waals surface area contributed by atoms with Crippen LogP contribution < -0.4 is 5.56 Å². The van der Waals surface area contributed by atoms with E-state index in [9.17, 15) is 4.79 Å². The van der Waals surface area contributed by atoms with Crippen LogP contribution in [0.25, 0.3) is 10.9 Å². The van der Waals surface area contributed by atoms with Crippen molar-refractivity contribution < 1.29 is 0 Å². The van der Waals surface area contributed by atoms with Crippen LogP contribution in [0.3, 0.4) is 0 Å². The molecule has 0 saturated heterocycles. The normalized spacial score (nSPS) is 10.1. The van der Waals surface area contributed by atoms with Crippen LogP contribution in [0.4, 0.5) is 0 Å². The Morgan fingerprint density at radius 2 is 2.13 bits per heavy atom. The van der Waals surface area contributed by atoms with Crippen LogP contribution in [0, 0.1) is 11.3 Å². The first-order valence-corrected chi connectivity index (χ1v) is 4.68. The molecule has 2 aromatic rings. The number of aromatic nitrogens is 1. The number of pyridine rings is 1. The molecule has 1 aromatic carbocycles. The van der Waals surface area contributed by atoms with Crippen LogP contribution in [0.15, 0.2) is 35.1 Å². The Labute approximate surface area is 87.2 Å². The van der Waals surface area contributed by atoms with E-state index in [1.807, 2.05) is 24.3 Å². The van der Waals surface area contributed by atoms with Gasteiger partial charge in [-0.25, -0.2) is 0 Å². The lowest BCUT2D eigenvalue weighted by Crippen LogP contribution is -2.17. The Kier molecular flexibility index (Phi) is 2.26. The van der Waals surface area contributed by atoms with Crippen molar-refractivity contribution in [1.82, 2.24) is 4.57 Å². The largest absolute Gasteiger partial charge is 0.311 e. The van der Waals surface area contributed by atoms with Gasteiger partial charge in [-0.3, -0.25) is 4.79 Å². The summed E-state index contributed by atoms with van der Waals surface area (Å²) < 4.78 is 1.59. The molecule has 0 aliphatic carbocycles. The van der Waals surface area contributed by atoms with Gasteiger partial charge in [-0.15, -0.1) is 0 Å². The summed E-state index contributed by atoms with van der Waals surface area (Å²) in [7, 11) is 1.74. The second-order valence-electron chi connectivity index (χ2n) is 3.42. The van der Waals surface area contributed by atoms with E-state index in [1.165, 1.54) is 6.07 Å². The van der Waals surface area contributed by atoms with Gasteiger partial charge in [-0.1, -0.05) is 18.2 Å². The van der Waals surface area contributed by atoms with Crippen molar-refractivity contribution in [2.24, 2.45) is 7.05 Å². The van der Waals surface area contributed by atoms with E-state index in [-0.39, 0.29) is 12.0 Å². The van der Waals surface area contributed by atoms with E-state index in [0.717, 1.165) is 16.5 Å². The number of para-hydroxylation sites is 1. The minimum atomic E-state index is -0.0704. The number of nitrogens with zero attached hydrogens (tertiary/aromatic N) is 2. The molecular weight excluding hydrogens is 188 g/mol. The van der Waals surface area contributed by atoms with Crippen LogP contribution in [-0.4, -0.2) is 4.57 Å². The lowest BCUT2D eigenvalue weighted by Gasteiger charge is -2.07. The number of rotatable bonds is 1. The van der Waals surface area contributed by atoms with Gasteiger partial charge in [0, 0.05) is 18.5 Å². The molecule has 0 spiro atoms. The van der Waals surface area contributed by atoms with Crippen LogP contribution in [0.2, 0.25) is 0 Å². The fourth-order valence-corrected chi connectivity index (χ4v) is 1.71. The van der Waals surface area contributed by atoms with Crippen molar-refractivity contribution in [3.8, 4) is 6.07 Å².